The Morgan fingerprint density at radius 2 is 0.897 bits per heavy atom. The quantitative estimate of drug-likeness (QED) is 0.174. The van der Waals surface area contributed by atoms with Crippen LogP contribution < -0.4 is 21.3 Å². The van der Waals surface area contributed by atoms with E-state index in [0.29, 0.717) is 0 Å². The first-order chi connectivity index (χ1) is 14.4. The minimum Gasteiger partial charge on any atom is -0.317 e. The summed E-state index contributed by atoms with van der Waals surface area (Å²) in [6.45, 7) is 14.0. The highest BCUT2D eigenvalue weighted by Crippen LogP contribution is 2.37. The molecular weight excluding hydrogens is 356 g/mol. The van der Waals surface area contributed by atoms with E-state index in [4.69, 9.17) is 0 Å². The molecule has 1 fully saturated rings. The molecule has 1 aliphatic carbocycles. The Kier molecular flexibility index (Phi) is 19.5. The molecule has 4 N–H and O–H groups in total. The molecule has 2 atom stereocenters. The van der Waals surface area contributed by atoms with Crippen LogP contribution in [0.3, 0.4) is 0 Å². The van der Waals surface area contributed by atoms with Crippen molar-refractivity contribution < 1.29 is 0 Å². The van der Waals surface area contributed by atoms with Gasteiger partial charge >= 0.3 is 0 Å². The van der Waals surface area contributed by atoms with E-state index in [9.17, 15) is 0 Å². The van der Waals surface area contributed by atoms with Gasteiger partial charge < -0.3 is 21.3 Å². The molecule has 0 bridgehead atoms. The molecule has 1 saturated carbocycles. The third-order valence-electron chi connectivity index (χ3n) is 6.25. The monoisotopic (exact) mass is 410 g/mol. The van der Waals surface area contributed by atoms with Crippen molar-refractivity contribution >= 4 is 0 Å². The Balaban J connectivity index is 1.68. The van der Waals surface area contributed by atoms with Crippen molar-refractivity contribution in [3.63, 3.8) is 0 Å². The van der Waals surface area contributed by atoms with E-state index in [1.54, 1.807) is 0 Å². The number of hydrogen-bond acceptors (Lipinski definition) is 4. The zero-order chi connectivity index (χ0) is 20.8. The molecule has 4 nitrogen and oxygen atoms in total. The molecule has 4 heteroatoms. The molecule has 1 aliphatic rings. The predicted octanol–water partition coefficient (Wildman–Crippen LogP) is 4.70. The lowest BCUT2D eigenvalue weighted by molar-refractivity contribution is 0.523. The lowest BCUT2D eigenvalue weighted by Gasteiger charge is -2.07. The summed E-state index contributed by atoms with van der Waals surface area (Å²) in [5, 5.41) is 14.3. The first kappa shape index (κ1) is 26.9. The van der Waals surface area contributed by atoms with E-state index in [0.717, 1.165) is 18.4 Å². The molecular formula is C25H54N4. The van der Waals surface area contributed by atoms with Crippen molar-refractivity contribution in [1.29, 1.82) is 0 Å². The van der Waals surface area contributed by atoms with Crippen LogP contribution in [-0.4, -0.2) is 52.4 Å². The van der Waals surface area contributed by atoms with Gasteiger partial charge in [0.25, 0.3) is 0 Å². The predicted molar refractivity (Wildman–Crippen MR) is 130 cm³/mol. The number of rotatable bonds is 24. The second-order valence-corrected chi connectivity index (χ2v) is 9.16. The highest BCUT2D eigenvalue weighted by Gasteiger charge is 2.35. The van der Waals surface area contributed by atoms with Gasteiger partial charge in [0.05, 0.1) is 0 Å². The lowest BCUT2D eigenvalue weighted by atomic mass is 10.1. The van der Waals surface area contributed by atoms with E-state index in [-0.39, 0.29) is 0 Å². The van der Waals surface area contributed by atoms with Crippen LogP contribution >= 0.6 is 0 Å². The van der Waals surface area contributed by atoms with E-state index in [1.807, 2.05) is 0 Å². The Morgan fingerprint density at radius 3 is 1.41 bits per heavy atom. The molecule has 2 unspecified atom stereocenters. The molecule has 0 saturated heterocycles. The van der Waals surface area contributed by atoms with Crippen molar-refractivity contribution in [3.05, 3.63) is 0 Å². The summed E-state index contributed by atoms with van der Waals surface area (Å²) >= 11 is 0. The van der Waals surface area contributed by atoms with Gasteiger partial charge in [0.2, 0.25) is 0 Å². The highest BCUT2D eigenvalue weighted by atomic mass is 14.9. The van der Waals surface area contributed by atoms with Gasteiger partial charge in [-0.2, -0.15) is 0 Å². The molecule has 29 heavy (non-hydrogen) atoms. The van der Waals surface area contributed by atoms with Crippen LogP contribution in [0.5, 0.6) is 0 Å². The maximum absolute atomic E-state index is 3.68. The van der Waals surface area contributed by atoms with E-state index in [1.165, 1.54) is 129 Å². The lowest BCUT2D eigenvalue weighted by Crippen LogP contribution is -2.24. The van der Waals surface area contributed by atoms with Crippen molar-refractivity contribution in [2.45, 2.75) is 97.3 Å². The molecule has 174 valence electrons. The van der Waals surface area contributed by atoms with Gasteiger partial charge in [0, 0.05) is 0 Å². The van der Waals surface area contributed by atoms with Gasteiger partial charge in [-0.05, 0) is 103 Å². The summed E-state index contributed by atoms with van der Waals surface area (Å²) in [6.07, 6.45) is 18.0. The summed E-state index contributed by atoms with van der Waals surface area (Å²) in [5.41, 5.74) is 0. The second kappa shape index (κ2) is 21.1. The maximum Gasteiger partial charge on any atom is -0.00173 e. The maximum atomic E-state index is 3.68. The van der Waals surface area contributed by atoms with Crippen LogP contribution in [0.15, 0.2) is 0 Å². The van der Waals surface area contributed by atoms with Gasteiger partial charge in [-0.3, -0.25) is 0 Å². The van der Waals surface area contributed by atoms with Gasteiger partial charge in [0.1, 0.15) is 0 Å². The van der Waals surface area contributed by atoms with Crippen LogP contribution in [0.2, 0.25) is 0 Å². The highest BCUT2D eigenvalue weighted by molar-refractivity contribution is 4.89. The standard InChI is InChI=1S/C25H54N4/c1-3-5-6-7-8-9-10-11-17-27-18-13-15-20-29-23-25-21-24(25)22-28-19-14-12-16-26-4-2/h24-29H,3-23H2,1-2H3. The van der Waals surface area contributed by atoms with Crippen molar-refractivity contribution in [2.75, 3.05) is 52.4 Å². The fraction of sp³-hybridized carbons (Fsp3) is 1.00. The van der Waals surface area contributed by atoms with Crippen LogP contribution in [-0.2, 0) is 0 Å². The Labute approximate surface area is 183 Å². The van der Waals surface area contributed by atoms with Gasteiger partial charge in [0.15, 0.2) is 0 Å². The summed E-state index contributed by atoms with van der Waals surface area (Å²) in [6, 6.07) is 0. The first-order valence-electron chi connectivity index (χ1n) is 13.2. The molecule has 1 rings (SSSR count). The number of unbranched alkanes of at least 4 members (excludes halogenated alkanes) is 9. The van der Waals surface area contributed by atoms with Crippen LogP contribution in [0, 0.1) is 11.8 Å². The minimum absolute atomic E-state index is 0.935. The van der Waals surface area contributed by atoms with Gasteiger partial charge in [-0.15, -0.1) is 0 Å². The fourth-order valence-electron chi connectivity index (χ4n) is 4.07. The molecule has 0 amide bonds. The van der Waals surface area contributed by atoms with Crippen molar-refractivity contribution in [3.8, 4) is 0 Å². The first-order valence-corrected chi connectivity index (χ1v) is 13.2. The summed E-state index contributed by atoms with van der Waals surface area (Å²) in [4.78, 5) is 0. The Hall–Kier alpha value is -0.160. The van der Waals surface area contributed by atoms with E-state index >= 15 is 0 Å². The normalized spacial score (nSPS) is 18.4. The topological polar surface area (TPSA) is 48.1 Å². The second-order valence-electron chi connectivity index (χ2n) is 9.16. The smallest absolute Gasteiger partial charge is 0.00173 e. The Bertz CT molecular complexity index is 324. The summed E-state index contributed by atoms with van der Waals surface area (Å²) in [5.74, 6) is 1.87. The zero-order valence-electron chi connectivity index (χ0n) is 20.0. The van der Waals surface area contributed by atoms with Crippen LogP contribution in [0.1, 0.15) is 97.3 Å². The molecule has 0 aliphatic heterocycles. The van der Waals surface area contributed by atoms with Crippen molar-refractivity contribution in [1.82, 2.24) is 21.3 Å². The minimum atomic E-state index is 0.935. The largest absolute Gasteiger partial charge is 0.317 e. The third kappa shape index (κ3) is 18.3. The molecule has 0 spiro atoms. The average molecular weight is 411 g/mol. The molecule has 0 aromatic rings. The molecule has 0 aromatic heterocycles. The number of hydrogen-bond donors (Lipinski definition) is 4. The SMILES string of the molecule is CCCCCCCCCCNCCCCNCC1CC1CNCCCCNCC. The van der Waals surface area contributed by atoms with E-state index < -0.39 is 0 Å². The average Bonchev–Trinajstić information content (AvgIpc) is 3.48. The van der Waals surface area contributed by atoms with Gasteiger partial charge in [-0.25, -0.2) is 0 Å². The fourth-order valence-corrected chi connectivity index (χ4v) is 4.07. The van der Waals surface area contributed by atoms with E-state index in [2.05, 4.69) is 35.1 Å². The third-order valence-corrected chi connectivity index (χ3v) is 6.25. The van der Waals surface area contributed by atoms with Crippen LogP contribution in [0.4, 0.5) is 0 Å². The summed E-state index contributed by atoms with van der Waals surface area (Å²) in [7, 11) is 0. The summed E-state index contributed by atoms with van der Waals surface area (Å²) < 4.78 is 0. The zero-order valence-corrected chi connectivity index (χ0v) is 20.0. The van der Waals surface area contributed by atoms with Gasteiger partial charge in [-0.1, -0.05) is 58.8 Å². The molecule has 0 radical (unpaired) electrons. The molecule has 0 aromatic carbocycles. The van der Waals surface area contributed by atoms with Crippen LogP contribution in [0.25, 0.3) is 0 Å². The molecule has 0 heterocycles. The Morgan fingerprint density at radius 1 is 0.483 bits per heavy atom. The van der Waals surface area contributed by atoms with Crippen molar-refractivity contribution in [2.24, 2.45) is 11.8 Å². The number of nitrogens with one attached hydrogen (secondary N) is 4.